The fourth-order valence-electron chi connectivity index (χ4n) is 1.70. The summed E-state index contributed by atoms with van der Waals surface area (Å²) in [5, 5.41) is 2.42. The average Bonchev–Trinajstić information content (AvgIpc) is 2.45. The van der Waals surface area contributed by atoms with Crippen molar-refractivity contribution in [3.05, 3.63) is 32.9 Å². The van der Waals surface area contributed by atoms with Crippen LogP contribution in [-0.2, 0) is 25.0 Å². The van der Waals surface area contributed by atoms with Crippen molar-refractivity contribution in [2.24, 2.45) is 0 Å². The molecule has 11 heteroatoms. The van der Waals surface area contributed by atoms with Gasteiger partial charge < -0.3 is 14.4 Å². The van der Waals surface area contributed by atoms with E-state index in [9.17, 15) is 23.3 Å². The highest BCUT2D eigenvalue weighted by atomic mass is 31.2. The molecule has 0 fully saturated rings. The van der Waals surface area contributed by atoms with Gasteiger partial charge in [0.15, 0.2) is 0 Å². The van der Waals surface area contributed by atoms with Crippen LogP contribution in [0.1, 0.15) is 13.8 Å². The van der Waals surface area contributed by atoms with Gasteiger partial charge in [0.1, 0.15) is 6.54 Å². The third-order valence-corrected chi connectivity index (χ3v) is 4.72. The van der Waals surface area contributed by atoms with Crippen LogP contribution in [0.25, 0.3) is 0 Å². The molecule has 0 aliphatic rings. The maximum atomic E-state index is 13.1. The summed E-state index contributed by atoms with van der Waals surface area (Å²) in [5.74, 6) is -1.78. The molecule has 0 saturated carbocycles. The topological polar surface area (TPSA) is 119 Å². The van der Waals surface area contributed by atoms with Gasteiger partial charge in [0.2, 0.25) is 11.7 Å². The third kappa shape index (κ3) is 6.09. The van der Waals surface area contributed by atoms with Crippen LogP contribution >= 0.6 is 7.60 Å². The summed E-state index contributed by atoms with van der Waals surface area (Å²) in [6.07, 6.45) is 0.612. The molecule has 1 aromatic heterocycles. The number of hydrogen-bond acceptors (Lipinski definition) is 6. The summed E-state index contributed by atoms with van der Waals surface area (Å²) in [6, 6.07) is 0. The summed E-state index contributed by atoms with van der Waals surface area (Å²) in [4.78, 5) is 35.7. The minimum atomic E-state index is -3.27. The van der Waals surface area contributed by atoms with Gasteiger partial charge in [0.25, 0.3) is 5.56 Å². The zero-order valence-electron chi connectivity index (χ0n) is 12.8. The molecule has 1 amide bonds. The van der Waals surface area contributed by atoms with Crippen molar-refractivity contribution in [3.63, 3.8) is 0 Å². The van der Waals surface area contributed by atoms with Crippen molar-refractivity contribution in [3.8, 4) is 0 Å². The predicted molar refractivity (Wildman–Crippen MR) is 80.0 cm³/mol. The Hall–Kier alpha value is -1.77. The number of nitrogens with one attached hydrogen (secondary N) is 2. The Morgan fingerprint density at radius 2 is 1.96 bits per heavy atom. The normalized spacial score (nSPS) is 11.4. The van der Waals surface area contributed by atoms with E-state index in [2.05, 4.69) is 5.32 Å². The van der Waals surface area contributed by atoms with E-state index in [4.69, 9.17) is 9.05 Å². The van der Waals surface area contributed by atoms with E-state index in [0.717, 1.165) is 4.57 Å². The number of aromatic amines is 1. The van der Waals surface area contributed by atoms with Gasteiger partial charge in [-0.1, -0.05) is 0 Å². The molecule has 0 aliphatic heterocycles. The third-order valence-electron chi connectivity index (χ3n) is 2.64. The molecule has 0 aliphatic carbocycles. The number of amides is 1. The lowest BCUT2D eigenvalue weighted by molar-refractivity contribution is -0.121. The number of hydrogen-bond donors (Lipinski definition) is 2. The van der Waals surface area contributed by atoms with E-state index in [1.807, 2.05) is 0 Å². The first-order valence-corrected chi connectivity index (χ1v) is 8.68. The minimum absolute atomic E-state index is 0.00328. The molecule has 0 spiro atoms. The first-order valence-electron chi connectivity index (χ1n) is 6.95. The smallest absolute Gasteiger partial charge is 0.332 e. The molecule has 130 valence electrons. The largest absolute Gasteiger partial charge is 0.354 e. The predicted octanol–water partition coefficient (Wildman–Crippen LogP) is 0.0580. The van der Waals surface area contributed by atoms with Crippen LogP contribution in [0.2, 0.25) is 0 Å². The fraction of sp³-hybridized carbons (Fsp3) is 0.583. The summed E-state index contributed by atoms with van der Waals surface area (Å²) >= 11 is 0. The Balaban J connectivity index is 2.58. The van der Waals surface area contributed by atoms with Crippen LogP contribution in [0.3, 0.4) is 0 Å². The van der Waals surface area contributed by atoms with E-state index in [-0.39, 0.29) is 25.9 Å². The molecule has 9 nitrogen and oxygen atoms in total. The number of aromatic nitrogens is 2. The maximum absolute atomic E-state index is 13.1. The zero-order chi connectivity index (χ0) is 17.5. The number of carbonyl (C=O) groups excluding carboxylic acids is 1. The highest BCUT2D eigenvalue weighted by molar-refractivity contribution is 7.53. The van der Waals surface area contributed by atoms with E-state index >= 15 is 0 Å². The summed E-state index contributed by atoms with van der Waals surface area (Å²) in [7, 11) is -3.27. The summed E-state index contributed by atoms with van der Waals surface area (Å²) in [6.45, 7) is 3.26. The highest BCUT2D eigenvalue weighted by Gasteiger charge is 2.23. The Labute approximate surface area is 131 Å². The van der Waals surface area contributed by atoms with Crippen LogP contribution in [-0.4, -0.2) is 41.4 Å². The van der Waals surface area contributed by atoms with Crippen molar-refractivity contribution in [1.82, 2.24) is 14.9 Å². The van der Waals surface area contributed by atoms with Crippen LogP contribution in [0.4, 0.5) is 4.39 Å². The standard InChI is InChI=1S/C12H19FN3O6P/c1-3-21-23(20,22-4-2)6-5-14-10(17)8-16-7-9(13)11(18)15-12(16)19/h7H,3-6,8H2,1-2H3,(H,14,17)(H,15,18,19). The van der Waals surface area contributed by atoms with E-state index in [1.54, 1.807) is 18.8 Å². The monoisotopic (exact) mass is 351 g/mol. The Bertz CT molecular complexity index is 691. The number of carbonyl (C=O) groups is 1. The van der Waals surface area contributed by atoms with Crippen LogP contribution in [0, 0.1) is 5.82 Å². The van der Waals surface area contributed by atoms with Gasteiger partial charge in [-0.2, -0.15) is 4.39 Å². The molecule has 0 unspecified atom stereocenters. The van der Waals surface area contributed by atoms with Crippen molar-refractivity contribution in [1.29, 1.82) is 0 Å². The molecule has 23 heavy (non-hydrogen) atoms. The summed E-state index contributed by atoms with van der Waals surface area (Å²) in [5.41, 5.74) is -2.05. The molecule has 1 aromatic rings. The lowest BCUT2D eigenvalue weighted by atomic mass is 10.5. The molecule has 1 rings (SSSR count). The molecule has 0 aromatic carbocycles. The molecular formula is C12H19FN3O6P. The van der Waals surface area contributed by atoms with Crippen LogP contribution in [0.5, 0.6) is 0 Å². The molecular weight excluding hydrogens is 332 g/mol. The van der Waals surface area contributed by atoms with Crippen molar-refractivity contribution in [2.45, 2.75) is 20.4 Å². The van der Waals surface area contributed by atoms with Gasteiger partial charge in [-0.3, -0.25) is 23.7 Å². The first kappa shape index (κ1) is 19.3. The van der Waals surface area contributed by atoms with Gasteiger partial charge in [-0.25, -0.2) is 4.79 Å². The second-order valence-electron chi connectivity index (χ2n) is 4.38. The molecule has 0 radical (unpaired) electrons. The second kappa shape index (κ2) is 8.76. The van der Waals surface area contributed by atoms with Gasteiger partial charge in [-0.05, 0) is 13.8 Å². The minimum Gasteiger partial charge on any atom is -0.354 e. The Kier molecular flexibility index (Phi) is 7.34. The molecule has 0 saturated heterocycles. The van der Waals surface area contributed by atoms with E-state index in [0.29, 0.717) is 6.20 Å². The second-order valence-corrected chi connectivity index (χ2v) is 6.57. The zero-order valence-corrected chi connectivity index (χ0v) is 13.7. The van der Waals surface area contributed by atoms with Gasteiger partial charge >= 0.3 is 13.3 Å². The fourth-order valence-corrected chi connectivity index (χ4v) is 3.21. The number of halogens is 1. The average molecular weight is 351 g/mol. The van der Waals surface area contributed by atoms with Crippen molar-refractivity contribution >= 4 is 13.5 Å². The lowest BCUT2D eigenvalue weighted by Crippen LogP contribution is -2.37. The van der Waals surface area contributed by atoms with Gasteiger partial charge in [0, 0.05) is 6.54 Å². The van der Waals surface area contributed by atoms with Crippen LogP contribution in [0.15, 0.2) is 15.8 Å². The number of nitrogens with zero attached hydrogens (tertiary/aromatic N) is 1. The molecule has 0 bridgehead atoms. The summed E-state index contributed by atoms with van der Waals surface area (Å²) < 4.78 is 36.1. The maximum Gasteiger partial charge on any atom is 0.332 e. The Morgan fingerprint density at radius 1 is 1.35 bits per heavy atom. The quantitative estimate of drug-likeness (QED) is 0.607. The van der Waals surface area contributed by atoms with E-state index in [1.165, 1.54) is 0 Å². The molecule has 0 atom stereocenters. The SMILES string of the molecule is CCOP(=O)(CCNC(=O)Cn1cc(F)c(=O)[nH]c1=O)OCC. The highest BCUT2D eigenvalue weighted by Crippen LogP contribution is 2.47. The van der Waals surface area contributed by atoms with Crippen molar-refractivity contribution in [2.75, 3.05) is 25.9 Å². The molecule has 1 heterocycles. The van der Waals surface area contributed by atoms with Gasteiger partial charge in [-0.15, -0.1) is 0 Å². The Morgan fingerprint density at radius 3 is 2.52 bits per heavy atom. The number of rotatable bonds is 9. The lowest BCUT2D eigenvalue weighted by Gasteiger charge is -2.17. The first-order chi connectivity index (χ1) is 10.8. The van der Waals surface area contributed by atoms with Gasteiger partial charge in [0.05, 0.1) is 25.6 Å². The molecule has 2 N–H and O–H groups in total. The van der Waals surface area contributed by atoms with Crippen LogP contribution < -0.4 is 16.6 Å². The van der Waals surface area contributed by atoms with Crippen molar-refractivity contribution < 1.29 is 22.8 Å². The van der Waals surface area contributed by atoms with E-state index < -0.39 is 37.1 Å². The number of H-pyrrole nitrogens is 1.